The number of benzene rings is 1. The third kappa shape index (κ3) is 3.82. The highest BCUT2D eigenvalue weighted by Gasteiger charge is 2.31. The Bertz CT molecular complexity index is 683. The maximum absolute atomic E-state index is 13.7. The van der Waals surface area contributed by atoms with E-state index in [9.17, 15) is 26.4 Å². The minimum atomic E-state index is -4.60. The maximum Gasteiger partial charge on any atom is 0.249 e. The second-order valence-electron chi connectivity index (χ2n) is 5.09. The second-order valence-corrected chi connectivity index (χ2v) is 7.07. The number of likely N-dealkylation sites (N-methyl/N-ethyl adjacent to an activating group) is 1. The Hall–Kier alpha value is -1.65. The zero-order valence-electron chi connectivity index (χ0n) is 12.4. The zero-order valence-corrected chi connectivity index (χ0v) is 13.2. The first-order chi connectivity index (χ1) is 10.7. The van der Waals surface area contributed by atoms with Gasteiger partial charge in [-0.1, -0.05) is 0 Å². The molecular weight excluding hydrogens is 335 g/mol. The van der Waals surface area contributed by atoms with Gasteiger partial charge in [0.25, 0.3) is 0 Å². The van der Waals surface area contributed by atoms with Crippen molar-refractivity contribution in [2.24, 2.45) is 0 Å². The number of hydrogen-bond acceptors (Lipinski definition) is 4. The standard InChI is InChI=1S/C13H16F3N3O3S/c1-18(8-12(20)19-4-2-17-3-5-19)23(21,22)13-10(15)6-9(14)7-11(13)16/h6-7,17H,2-5,8H2,1H3. The summed E-state index contributed by atoms with van der Waals surface area (Å²) in [6.45, 7) is 1.46. The third-order valence-electron chi connectivity index (χ3n) is 3.46. The lowest BCUT2D eigenvalue weighted by Crippen LogP contribution is -2.49. The molecule has 1 fully saturated rings. The van der Waals surface area contributed by atoms with E-state index in [4.69, 9.17) is 0 Å². The van der Waals surface area contributed by atoms with Crippen LogP contribution < -0.4 is 5.32 Å². The number of halogens is 3. The smallest absolute Gasteiger partial charge is 0.249 e. The van der Waals surface area contributed by atoms with E-state index in [1.54, 1.807) is 0 Å². The van der Waals surface area contributed by atoms with E-state index in [0.717, 1.165) is 7.05 Å². The molecule has 1 aliphatic heterocycles. The summed E-state index contributed by atoms with van der Waals surface area (Å²) >= 11 is 0. The lowest BCUT2D eigenvalue weighted by molar-refractivity contribution is -0.131. The molecule has 1 aromatic carbocycles. The van der Waals surface area contributed by atoms with Crippen LogP contribution in [0.5, 0.6) is 0 Å². The Morgan fingerprint density at radius 1 is 1.22 bits per heavy atom. The van der Waals surface area contributed by atoms with Crippen LogP contribution in [0.25, 0.3) is 0 Å². The van der Waals surface area contributed by atoms with Gasteiger partial charge in [-0.25, -0.2) is 21.6 Å². The number of piperazine rings is 1. The molecule has 1 heterocycles. The van der Waals surface area contributed by atoms with Crippen molar-refractivity contribution in [1.82, 2.24) is 14.5 Å². The molecule has 0 spiro atoms. The van der Waals surface area contributed by atoms with E-state index in [0.29, 0.717) is 30.5 Å². The fourth-order valence-electron chi connectivity index (χ4n) is 2.22. The SMILES string of the molecule is CN(CC(=O)N1CCNCC1)S(=O)(=O)c1c(F)cc(F)cc1F. The molecule has 0 radical (unpaired) electrons. The van der Waals surface area contributed by atoms with Crippen LogP contribution in [0.3, 0.4) is 0 Å². The number of carbonyl (C=O) groups excluding carboxylic acids is 1. The number of sulfonamides is 1. The Morgan fingerprint density at radius 3 is 2.26 bits per heavy atom. The van der Waals surface area contributed by atoms with Crippen molar-refractivity contribution in [3.63, 3.8) is 0 Å². The number of nitrogens with zero attached hydrogens (tertiary/aromatic N) is 2. The number of carbonyl (C=O) groups is 1. The van der Waals surface area contributed by atoms with Crippen molar-refractivity contribution in [2.75, 3.05) is 39.8 Å². The molecule has 0 bridgehead atoms. The second kappa shape index (κ2) is 6.85. The highest BCUT2D eigenvalue weighted by molar-refractivity contribution is 7.89. The van der Waals surface area contributed by atoms with Gasteiger partial charge in [-0.15, -0.1) is 0 Å². The van der Waals surface area contributed by atoms with Crippen LogP contribution in [0.1, 0.15) is 0 Å². The Balaban J connectivity index is 2.20. The van der Waals surface area contributed by atoms with Crippen molar-refractivity contribution in [3.8, 4) is 0 Å². The summed E-state index contributed by atoms with van der Waals surface area (Å²) < 4.78 is 65.3. The van der Waals surface area contributed by atoms with Crippen molar-refractivity contribution in [2.45, 2.75) is 4.90 Å². The van der Waals surface area contributed by atoms with Gasteiger partial charge in [0.15, 0.2) is 4.90 Å². The first-order valence-electron chi connectivity index (χ1n) is 6.83. The predicted octanol–water partition coefficient (Wildman–Crippen LogP) is 0.156. The summed E-state index contributed by atoms with van der Waals surface area (Å²) in [5.41, 5.74) is 0. The lowest BCUT2D eigenvalue weighted by atomic mass is 10.3. The van der Waals surface area contributed by atoms with Crippen LogP contribution in [-0.2, 0) is 14.8 Å². The summed E-state index contributed by atoms with van der Waals surface area (Å²) in [5, 5.41) is 3.04. The van der Waals surface area contributed by atoms with Crippen molar-refractivity contribution in [3.05, 3.63) is 29.6 Å². The van der Waals surface area contributed by atoms with Crippen LogP contribution in [0, 0.1) is 17.5 Å². The summed E-state index contributed by atoms with van der Waals surface area (Å²) in [5.74, 6) is -4.77. The molecule has 1 N–H and O–H groups in total. The average Bonchev–Trinajstić information content (AvgIpc) is 2.46. The van der Waals surface area contributed by atoms with Gasteiger partial charge in [0.2, 0.25) is 15.9 Å². The molecule has 1 amide bonds. The van der Waals surface area contributed by atoms with Crippen molar-refractivity contribution in [1.29, 1.82) is 0 Å². The largest absolute Gasteiger partial charge is 0.339 e. The number of amides is 1. The molecule has 6 nitrogen and oxygen atoms in total. The van der Waals surface area contributed by atoms with Gasteiger partial charge in [0.05, 0.1) is 6.54 Å². The van der Waals surface area contributed by atoms with Gasteiger partial charge in [-0.2, -0.15) is 4.31 Å². The molecule has 0 atom stereocenters. The topological polar surface area (TPSA) is 69.7 Å². The lowest BCUT2D eigenvalue weighted by Gasteiger charge is -2.29. The normalized spacial score (nSPS) is 16.0. The molecule has 0 aliphatic carbocycles. The van der Waals surface area contributed by atoms with Crippen molar-refractivity contribution >= 4 is 15.9 Å². The summed E-state index contributed by atoms with van der Waals surface area (Å²) in [7, 11) is -3.56. The minimum absolute atomic E-state index is 0.280. The maximum atomic E-state index is 13.7. The van der Waals surface area contributed by atoms with Gasteiger partial charge in [-0.3, -0.25) is 4.79 Å². The van der Waals surface area contributed by atoms with E-state index in [1.807, 2.05) is 0 Å². The zero-order chi connectivity index (χ0) is 17.2. The predicted molar refractivity (Wildman–Crippen MR) is 75.6 cm³/mol. The Morgan fingerprint density at radius 2 is 1.74 bits per heavy atom. The van der Waals surface area contributed by atoms with E-state index in [-0.39, 0.29) is 12.1 Å². The Kier molecular flexibility index (Phi) is 5.27. The number of nitrogens with one attached hydrogen (secondary N) is 1. The van der Waals surface area contributed by atoms with Crippen LogP contribution in [-0.4, -0.2) is 63.3 Å². The minimum Gasteiger partial charge on any atom is -0.339 e. The summed E-state index contributed by atoms with van der Waals surface area (Å²) in [6, 6.07) is 0.559. The van der Waals surface area contributed by atoms with Crippen LogP contribution >= 0.6 is 0 Å². The van der Waals surface area contributed by atoms with E-state index in [1.165, 1.54) is 4.90 Å². The van der Waals surface area contributed by atoms with Gasteiger partial charge in [0, 0.05) is 45.4 Å². The fourth-order valence-corrected chi connectivity index (χ4v) is 3.42. The van der Waals surface area contributed by atoms with Crippen LogP contribution in [0.15, 0.2) is 17.0 Å². The third-order valence-corrected chi connectivity index (χ3v) is 5.31. The van der Waals surface area contributed by atoms with Gasteiger partial charge in [0.1, 0.15) is 17.5 Å². The molecule has 1 aliphatic rings. The molecular formula is C13H16F3N3O3S. The quantitative estimate of drug-likeness (QED) is 0.839. The molecule has 10 heteroatoms. The molecule has 0 unspecified atom stereocenters. The van der Waals surface area contributed by atoms with Crippen LogP contribution in [0.2, 0.25) is 0 Å². The molecule has 1 saturated heterocycles. The molecule has 1 aromatic rings. The molecule has 23 heavy (non-hydrogen) atoms. The average molecular weight is 351 g/mol. The first-order valence-corrected chi connectivity index (χ1v) is 8.27. The fraction of sp³-hybridized carbons (Fsp3) is 0.462. The van der Waals surface area contributed by atoms with Gasteiger partial charge < -0.3 is 10.2 Å². The van der Waals surface area contributed by atoms with Crippen molar-refractivity contribution < 1.29 is 26.4 Å². The number of hydrogen-bond donors (Lipinski definition) is 1. The highest BCUT2D eigenvalue weighted by Crippen LogP contribution is 2.23. The molecule has 2 rings (SSSR count). The van der Waals surface area contributed by atoms with Gasteiger partial charge >= 0.3 is 0 Å². The molecule has 0 saturated carbocycles. The number of rotatable bonds is 4. The van der Waals surface area contributed by atoms with E-state index >= 15 is 0 Å². The first kappa shape index (κ1) is 17.7. The van der Waals surface area contributed by atoms with E-state index in [2.05, 4.69) is 5.32 Å². The van der Waals surface area contributed by atoms with Gasteiger partial charge in [-0.05, 0) is 0 Å². The van der Waals surface area contributed by atoms with E-state index < -0.39 is 44.8 Å². The highest BCUT2D eigenvalue weighted by atomic mass is 32.2. The molecule has 128 valence electrons. The summed E-state index contributed by atoms with van der Waals surface area (Å²) in [4.78, 5) is 12.2. The van der Waals surface area contributed by atoms with Crippen LogP contribution in [0.4, 0.5) is 13.2 Å². The molecule has 0 aromatic heterocycles. The monoisotopic (exact) mass is 351 g/mol. The summed E-state index contributed by atoms with van der Waals surface area (Å²) in [6.07, 6.45) is 0. The Labute approximate surface area is 131 Å².